The Balaban J connectivity index is 1.79. The van der Waals surface area contributed by atoms with Crippen LogP contribution in [0.2, 0.25) is 5.02 Å². The maximum absolute atomic E-state index is 6.12. The highest BCUT2D eigenvalue weighted by Gasteiger charge is 2.06. The van der Waals surface area contributed by atoms with Crippen molar-refractivity contribution in [2.75, 3.05) is 5.32 Å². The van der Waals surface area contributed by atoms with Gasteiger partial charge in [0, 0.05) is 16.8 Å². The van der Waals surface area contributed by atoms with Crippen molar-refractivity contribution in [1.29, 1.82) is 0 Å². The first-order chi connectivity index (χ1) is 10.5. The smallest absolute Gasteiger partial charge is 0.170 e. The minimum absolute atomic E-state index is 0.307. The van der Waals surface area contributed by atoms with Crippen molar-refractivity contribution >= 4 is 34.6 Å². The van der Waals surface area contributed by atoms with E-state index in [1.54, 1.807) is 0 Å². The van der Waals surface area contributed by atoms with Crippen molar-refractivity contribution in [1.82, 2.24) is 5.32 Å². The second kappa shape index (κ2) is 8.16. The molecule has 0 fully saturated rings. The summed E-state index contributed by atoms with van der Waals surface area (Å²) in [5.41, 5.74) is 3.31. The molecule has 0 radical (unpaired) electrons. The molecule has 0 aromatic heterocycles. The summed E-state index contributed by atoms with van der Waals surface area (Å²) in [5.74, 6) is 0. The predicted octanol–water partition coefficient (Wildman–Crippen LogP) is 4.96. The number of benzene rings is 2. The fraction of sp³-hybridized carbons (Fsp3) is 0.278. The Kier molecular flexibility index (Phi) is 6.22. The Morgan fingerprint density at radius 3 is 2.59 bits per heavy atom. The van der Waals surface area contributed by atoms with Gasteiger partial charge in [-0.2, -0.15) is 0 Å². The number of hydrogen-bond acceptors (Lipinski definition) is 1. The van der Waals surface area contributed by atoms with Crippen molar-refractivity contribution in [2.45, 2.75) is 32.7 Å². The summed E-state index contributed by atoms with van der Waals surface area (Å²) in [7, 11) is 0. The van der Waals surface area contributed by atoms with Crippen molar-refractivity contribution in [3.63, 3.8) is 0 Å². The van der Waals surface area contributed by atoms with Gasteiger partial charge in [0.2, 0.25) is 0 Å². The van der Waals surface area contributed by atoms with E-state index in [2.05, 4.69) is 41.8 Å². The van der Waals surface area contributed by atoms with E-state index in [1.807, 2.05) is 31.2 Å². The van der Waals surface area contributed by atoms with Gasteiger partial charge in [-0.1, -0.05) is 48.0 Å². The van der Waals surface area contributed by atoms with Crippen molar-refractivity contribution in [2.24, 2.45) is 0 Å². The van der Waals surface area contributed by atoms with E-state index in [9.17, 15) is 0 Å². The molecule has 0 heterocycles. The number of hydrogen-bond donors (Lipinski definition) is 2. The Hall–Kier alpha value is -1.58. The first kappa shape index (κ1) is 16.8. The zero-order chi connectivity index (χ0) is 15.9. The molecule has 22 heavy (non-hydrogen) atoms. The SMILES string of the molecule is Cc1ccc(NC(=S)NC(C)CCc2ccccc2)cc1Cl. The van der Waals surface area contributed by atoms with Crippen LogP contribution in [0.3, 0.4) is 0 Å². The molecule has 0 saturated carbocycles. The summed E-state index contributed by atoms with van der Waals surface area (Å²) in [6.07, 6.45) is 2.06. The standard InChI is InChI=1S/C18H21ClN2S/c1-13-8-11-16(12-17(13)19)21-18(22)20-14(2)9-10-15-6-4-3-5-7-15/h3-8,11-12,14H,9-10H2,1-2H3,(H2,20,21,22). The molecule has 0 saturated heterocycles. The lowest BCUT2D eigenvalue weighted by Gasteiger charge is -2.17. The lowest BCUT2D eigenvalue weighted by Crippen LogP contribution is -2.36. The average Bonchev–Trinajstić information content (AvgIpc) is 2.50. The van der Waals surface area contributed by atoms with Crippen LogP contribution in [-0.2, 0) is 6.42 Å². The molecule has 2 aromatic rings. The Morgan fingerprint density at radius 2 is 1.91 bits per heavy atom. The summed E-state index contributed by atoms with van der Waals surface area (Å²) >= 11 is 11.5. The molecule has 0 bridgehead atoms. The molecule has 1 unspecified atom stereocenters. The second-order valence-electron chi connectivity index (χ2n) is 5.49. The minimum atomic E-state index is 0.307. The molecule has 2 rings (SSSR count). The quantitative estimate of drug-likeness (QED) is 0.757. The third kappa shape index (κ3) is 5.32. The van der Waals surface area contributed by atoms with Crippen LogP contribution in [0, 0.1) is 6.92 Å². The van der Waals surface area contributed by atoms with Gasteiger partial charge in [0.15, 0.2) is 5.11 Å². The average molecular weight is 333 g/mol. The zero-order valence-electron chi connectivity index (χ0n) is 12.9. The number of nitrogens with one attached hydrogen (secondary N) is 2. The van der Waals surface area contributed by atoms with E-state index in [0.29, 0.717) is 11.2 Å². The monoisotopic (exact) mass is 332 g/mol. The third-order valence-electron chi connectivity index (χ3n) is 3.52. The fourth-order valence-electron chi connectivity index (χ4n) is 2.16. The van der Waals surface area contributed by atoms with Crippen LogP contribution >= 0.6 is 23.8 Å². The molecular formula is C18H21ClN2S. The maximum atomic E-state index is 6.12. The van der Waals surface area contributed by atoms with E-state index >= 15 is 0 Å². The Labute approximate surface area is 142 Å². The summed E-state index contributed by atoms with van der Waals surface area (Å²) in [6, 6.07) is 16.6. The normalized spacial score (nSPS) is 11.8. The van der Waals surface area contributed by atoms with E-state index in [1.165, 1.54) is 5.56 Å². The van der Waals surface area contributed by atoms with Crippen LogP contribution in [0.4, 0.5) is 5.69 Å². The number of thiocarbonyl (C=S) groups is 1. The number of aryl methyl sites for hydroxylation is 2. The Bertz CT molecular complexity index is 628. The van der Waals surface area contributed by atoms with Crippen molar-refractivity contribution < 1.29 is 0 Å². The fourth-order valence-corrected chi connectivity index (χ4v) is 2.66. The van der Waals surface area contributed by atoms with Crippen LogP contribution in [0.5, 0.6) is 0 Å². The van der Waals surface area contributed by atoms with Crippen LogP contribution in [-0.4, -0.2) is 11.2 Å². The number of anilines is 1. The minimum Gasteiger partial charge on any atom is -0.360 e. The molecule has 0 aliphatic heterocycles. The van der Waals surface area contributed by atoms with Crippen LogP contribution in [0.15, 0.2) is 48.5 Å². The van der Waals surface area contributed by atoms with E-state index < -0.39 is 0 Å². The van der Waals surface area contributed by atoms with Gasteiger partial charge in [-0.15, -0.1) is 0 Å². The lowest BCUT2D eigenvalue weighted by atomic mass is 10.1. The molecule has 0 amide bonds. The second-order valence-corrected chi connectivity index (χ2v) is 6.30. The first-order valence-corrected chi connectivity index (χ1v) is 8.21. The molecule has 116 valence electrons. The van der Waals surface area contributed by atoms with Gasteiger partial charge in [0.1, 0.15) is 0 Å². The molecule has 0 aliphatic rings. The van der Waals surface area contributed by atoms with Crippen LogP contribution in [0.25, 0.3) is 0 Å². The number of rotatable bonds is 5. The highest BCUT2D eigenvalue weighted by molar-refractivity contribution is 7.80. The van der Waals surface area contributed by atoms with Gasteiger partial charge in [-0.05, 0) is 62.2 Å². The summed E-state index contributed by atoms with van der Waals surface area (Å²) in [4.78, 5) is 0. The maximum Gasteiger partial charge on any atom is 0.170 e. The first-order valence-electron chi connectivity index (χ1n) is 7.42. The molecular weight excluding hydrogens is 312 g/mol. The largest absolute Gasteiger partial charge is 0.360 e. The van der Waals surface area contributed by atoms with E-state index in [-0.39, 0.29) is 0 Å². The Morgan fingerprint density at radius 1 is 1.18 bits per heavy atom. The summed E-state index contributed by atoms with van der Waals surface area (Å²) < 4.78 is 0. The van der Waals surface area contributed by atoms with Crippen LogP contribution in [0.1, 0.15) is 24.5 Å². The summed E-state index contributed by atoms with van der Waals surface area (Å²) in [6.45, 7) is 4.12. The van der Waals surface area contributed by atoms with Crippen molar-refractivity contribution in [3.05, 3.63) is 64.7 Å². The zero-order valence-corrected chi connectivity index (χ0v) is 14.5. The van der Waals surface area contributed by atoms with Gasteiger partial charge in [-0.25, -0.2) is 0 Å². The number of halogens is 1. The molecule has 0 aliphatic carbocycles. The van der Waals surface area contributed by atoms with Crippen LogP contribution < -0.4 is 10.6 Å². The van der Waals surface area contributed by atoms with Gasteiger partial charge < -0.3 is 10.6 Å². The topological polar surface area (TPSA) is 24.1 Å². The highest BCUT2D eigenvalue weighted by Crippen LogP contribution is 2.19. The van der Waals surface area contributed by atoms with E-state index in [4.69, 9.17) is 23.8 Å². The molecule has 1 atom stereocenters. The molecule has 0 spiro atoms. The van der Waals surface area contributed by atoms with Gasteiger partial charge >= 0.3 is 0 Å². The molecule has 2 nitrogen and oxygen atoms in total. The van der Waals surface area contributed by atoms with Crippen molar-refractivity contribution in [3.8, 4) is 0 Å². The predicted molar refractivity (Wildman–Crippen MR) is 99.8 cm³/mol. The molecule has 2 N–H and O–H groups in total. The van der Waals surface area contributed by atoms with Gasteiger partial charge in [-0.3, -0.25) is 0 Å². The molecule has 4 heteroatoms. The van der Waals surface area contributed by atoms with Gasteiger partial charge in [0.05, 0.1) is 0 Å². The summed E-state index contributed by atoms with van der Waals surface area (Å²) in [5, 5.41) is 7.85. The molecule has 2 aromatic carbocycles. The highest BCUT2D eigenvalue weighted by atomic mass is 35.5. The third-order valence-corrected chi connectivity index (χ3v) is 4.14. The lowest BCUT2D eigenvalue weighted by molar-refractivity contribution is 0.609. The van der Waals surface area contributed by atoms with E-state index in [0.717, 1.165) is 29.1 Å². The van der Waals surface area contributed by atoms with Gasteiger partial charge in [0.25, 0.3) is 0 Å².